The van der Waals surface area contributed by atoms with Crippen LogP contribution in [0.3, 0.4) is 0 Å². The molecule has 0 spiro atoms. The van der Waals surface area contributed by atoms with Gasteiger partial charge in [-0.15, -0.1) is 5.10 Å². The number of nitro benzene ring substituents is 1. The monoisotopic (exact) mass is 453 g/mol. The molecule has 31 heavy (non-hydrogen) atoms. The predicted molar refractivity (Wildman–Crippen MR) is 123 cm³/mol. The lowest BCUT2D eigenvalue weighted by atomic mass is 10.1. The van der Waals surface area contributed by atoms with Crippen LogP contribution in [0.1, 0.15) is 5.56 Å². The molecule has 2 aliphatic heterocycles. The minimum absolute atomic E-state index is 0.0206. The third-order valence-corrected chi connectivity index (χ3v) is 6.15. The van der Waals surface area contributed by atoms with Crippen LogP contribution in [0.25, 0.3) is 6.08 Å². The van der Waals surface area contributed by atoms with Crippen molar-refractivity contribution in [1.82, 2.24) is 5.01 Å². The molecule has 0 saturated carbocycles. The normalized spacial score (nSPS) is 16.8. The Hall–Kier alpha value is -3.44. The molecule has 0 aromatic heterocycles. The summed E-state index contributed by atoms with van der Waals surface area (Å²) in [5, 5.41) is 25.3. The maximum Gasteiger partial charge on any atom is 0.283 e. The predicted octanol–water partition coefficient (Wildman–Crippen LogP) is 3.98. The molecule has 2 aliphatic rings. The molecular weight excluding hydrogens is 438 g/mol. The van der Waals surface area contributed by atoms with Crippen molar-refractivity contribution in [3.63, 3.8) is 0 Å². The number of hydrogen-bond acceptors (Lipinski definition) is 8. The highest BCUT2D eigenvalue weighted by molar-refractivity contribution is 8.45. The summed E-state index contributed by atoms with van der Waals surface area (Å²) in [5.74, 6) is 0.725. The largest absolute Gasteiger partial charge is 0.493 e. The number of hydrogen-bond donors (Lipinski definition) is 1. The zero-order chi connectivity index (χ0) is 21.8. The van der Waals surface area contributed by atoms with E-state index in [1.54, 1.807) is 6.07 Å². The van der Waals surface area contributed by atoms with Crippen LogP contribution < -0.4 is 4.74 Å². The van der Waals surface area contributed by atoms with Crippen LogP contribution in [0, 0.1) is 15.5 Å². The van der Waals surface area contributed by atoms with Crippen LogP contribution in [0.15, 0.2) is 70.3 Å². The Morgan fingerprint density at radius 2 is 2.03 bits per heavy atom. The lowest BCUT2D eigenvalue weighted by Gasteiger charge is -2.20. The Balaban J connectivity index is 1.43. The van der Waals surface area contributed by atoms with Crippen molar-refractivity contribution in [3.05, 3.63) is 75.8 Å². The lowest BCUT2D eigenvalue weighted by Crippen LogP contribution is -2.35. The first-order valence-corrected chi connectivity index (χ1v) is 10.9. The van der Waals surface area contributed by atoms with Gasteiger partial charge in [0, 0.05) is 17.9 Å². The molecule has 11 heteroatoms. The number of nitro groups is 1. The molecule has 0 saturated heterocycles. The molecule has 0 fully saturated rings. The van der Waals surface area contributed by atoms with Crippen molar-refractivity contribution >= 4 is 56.6 Å². The Labute approximate surface area is 185 Å². The molecule has 1 amide bonds. The van der Waals surface area contributed by atoms with Crippen molar-refractivity contribution < 1.29 is 14.5 Å². The molecule has 0 radical (unpaired) electrons. The van der Waals surface area contributed by atoms with Crippen LogP contribution in [0.5, 0.6) is 5.75 Å². The molecule has 2 heterocycles. The molecule has 0 atom stereocenters. The molecular formula is C20H15N5O4S2. The number of non-ortho nitro benzene ring substituents is 1. The molecule has 156 valence electrons. The first kappa shape index (κ1) is 20.8. The number of para-hydroxylation sites is 1. The molecule has 0 aliphatic carbocycles. The summed E-state index contributed by atoms with van der Waals surface area (Å²) in [7, 11) is 0. The fraction of sp³-hybridized carbons (Fsp3) is 0.100. The minimum Gasteiger partial charge on any atom is -0.493 e. The Morgan fingerprint density at radius 3 is 2.81 bits per heavy atom. The third-order valence-electron chi connectivity index (χ3n) is 4.15. The first-order valence-electron chi connectivity index (χ1n) is 9.06. The van der Waals surface area contributed by atoms with E-state index in [2.05, 4.69) is 10.1 Å². The zero-order valence-corrected chi connectivity index (χ0v) is 17.6. The van der Waals surface area contributed by atoms with E-state index in [-0.39, 0.29) is 17.1 Å². The van der Waals surface area contributed by atoms with Gasteiger partial charge in [-0.3, -0.25) is 20.3 Å². The summed E-state index contributed by atoms with van der Waals surface area (Å²) >= 11 is 2.66. The smallest absolute Gasteiger partial charge is 0.283 e. The minimum atomic E-state index is -0.580. The number of rotatable bonds is 6. The topological polar surface area (TPSA) is 121 Å². The number of nitrogens with zero attached hydrogens (tertiary/aromatic N) is 4. The van der Waals surface area contributed by atoms with Gasteiger partial charge in [0.15, 0.2) is 10.2 Å². The highest BCUT2D eigenvalue weighted by Crippen LogP contribution is 2.32. The van der Waals surface area contributed by atoms with E-state index in [0.29, 0.717) is 27.5 Å². The van der Waals surface area contributed by atoms with E-state index >= 15 is 0 Å². The Bertz CT molecular complexity index is 1150. The van der Waals surface area contributed by atoms with E-state index in [1.807, 2.05) is 30.3 Å². The van der Waals surface area contributed by atoms with E-state index in [9.17, 15) is 14.9 Å². The SMILES string of the molecule is N=C1/C(=C/c2cccc([N+](=O)[O-])c2)C(=O)N=C2SC(SCCOc3ccccc3)=NN12. The Morgan fingerprint density at radius 1 is 1.23 bits per heavy atom. The van der Waals surface area contributed by atoms with Gasteiger partial charge in [-0.05, 0) is 35.5 Å². The fourth-order valence-corrected chi connectivity index (χ4v) is 4.55. The fourth-order valence-electron chi connectivity index (χ4n) is 2.73. The maximum atomic E-state index is 12.4. The van der Waals surface area contributed by atoms with Crippen LogP contribution in [0.4, 0.5) is 5.69 Å². The summed E-state index contributed by atoms with van der Waals surface area (Å²) in [6.45, 7) is 0.481. The molecule has 2 aromatic carbocycles. The second-order valence-corrected chi connectivity index (χ2v) is 8.55. The van der Waals surface area contributed by atoms with Gasteiger partial charge in [-0.25, -0.2) is 0 Å². The molecule has 0 bridgehead atoms. The van der Waals surface area contributed by atoms with Gasteiger partial charge in [0.1, 0.15) is 5.75 Å². The van der Waals surface area contributed by atoms with Crippen molar-refractivity contribution in [2.75, 3.05) is 12.4 Å². The summed E-state index contributed by atoms with van der Waals surface area (Å²) in [6.07, 6.45) is 1.41. The van der Waals surface area contributed by atoms with Gasteiger partial charge in [-0.1, -0.05) is 42.1 Å². The molecule has 2 aromatic rings. The number of fused-ring (bicyclic) bond motifs is 1. The summed E-state index contributed by atoms with van der Waals surface area (Å²) in [6, 6.07) is 15.3. The highest BCUT2D eigenvalue weighted by Gasteiger charge is 2.35. The summed E-state index contributed by atoms with van der Waals surface area (Å²) in [4.78, 5) is 26.9. The van der Waals surface area contributed by atoms with Gasteiger partial charge in [0.2, 0.25) is 5.17 Å². The van der Waals surface area contributed by atoms with E-state index in [0.717, 1.165) is 5.75 Å². The van der Waals surface area contributed by atoms with Gasteiger partial charge in [-0.2, -0.15) is 10.0 Å². The van der Waals surface area contributed by atoms with Crippen LogP contribution in [0.2, 0.25) is 0 Å². The van der Waals surface area contributed by atoms with Crippen LogP contribution in [-0.2, 0) is 4.79 Å². The summed E-state index contributed by atoms with van der Waals surface area (Å²) < 4.78 is 6.31. The van der Waals surface area contributed by atoms with Gasteiger partial charge in [0.25, 0.3) is 11.6 Å². The molecule has 0 unspecified atom stereocenters. The zero-order valence-electron chi connectivity index (χ0n) is 15.9. The number of aliphatic imine (C=N–C) groups is 1. The first-order chi connectivity index (χ1) is 15.0. The molecule has 4 rings (SSSR count). The van der Waals surface area contributed by atoms with Crippen molar-refractivity contribution in [3.8, 4) is 5.75 Å². The third kappa shape index (κ3) is 4.84. The van der Waals surface area contributed by atoms with Crippen molar-refractivity contribution in [2.24, 2.45) is 10.1 Å². The van der Waals surface area contributed by atoms with Gasteiger partial charge < -0.3 is 4.74 Å². The quantitative estimate of drug-likeness (QED) is 0.304. The average molecular weight is 454 g/mol. The Kier molecular flexibility index (Phi) is 6.14. The lowest BCUT2D eigenvalue weighted by molar-refractivity contribution is -0.384. The maximum absolute atomic E-state index is 12.4. The number of benzene rings is 2. The van der Waals surface area contributed by atoms with E-state index < -0.39 is 10.8 Å². The molecule has 9 nitrogen and oxygen atoms in total. The van der Waals surface area contributed by atoms with E-state index in [1.165, 1.54) is 52.8 Å². The van der Waals surface area contributed by atoms with Crippen LogP contribution in [-0.4, -0.2) is 43.6 Å². The van der Waals surface area contributed by atoms with E-state index in [4.69, 9.17) is 10.1 Å². The molecule has 1 N–H and O–H groups in total. The van der Waals surface area contributed by atoms with Crippen molar-refractivity contribution in [1.29, 1.82) is 5.41 Å². The van der Waals surface area contributed by atoms with Gasteiger partial charge >= 0.3 is 0 Å². The number of hydrazone groups is 1. The number of thioether (sulfide) groups is 2. The van der Waals surface area contributed by atoms with Gasteiger partial charge in [0.05, 0.1) is 17.1 Å². The number of nitrogens with one attached hydrogen (secondary N) is 1. The second-order valence-electron chi connectivity index (χ2n) is 6.25. The highest BCUT2D eigenvalue weighted by atomic mass is 32.2. The second kappa shape index (κ2) is 9.14. The van der Waals surface area contributed by atoms with Crippen LogP contribution >= 0.6 is 23.5 Å². The standard InChI is InChI=1S/C20H15N5O4S2/c21-17-16(12-13-5-4-6-14(11-13)25(27)28)18(26)22-19-24(17)23-20(31-19)30-10-9-29-15-7-2-1-3-8-15/h1-8,11-12,21H,9-10H2/b16-12-,21-17?. The number of amidine groups is 2. The number of ether oxygens (including phenoxy) is 1. The summed E-state index contributed by atoms with van der Waals surface area (Å²) in [5.41, 5.74) is 0.358. The number of carbonyl (C=O) groups excluding carboxylic acids is 1. The number of carbonyl (C=O) groups is 1. The average Bonchev–Trinajstić information content (AvgIpc) is 3.18. The van der Waals surface area contributed by atoms with Crippen molar-refractivity contribution in [2.45, 2.75) is 0 Å². The number of amides is 1.